The highest BCUT2D eigenvalue weighted by atomic mass is 16.5. The molecule has 4 rings (SSSR count). The normalized spacial score (nSPS) is 14.7. The average Bonchev–Trinajstić information content (AvgIpc) is 2.90. The number of methoxy groups -OCH3 is 2. The SMILES string of the molecule is COc1cccc(/C=N\NC(=O)c2ccc(CN3CCC(Cc4ccccc4)CC3)cc2)c1OC. The van der Waals surface area contributed by atoms with Gasteiger partial charge in [-0.2, -0.15) is 5.10 Å². The Kier molecular flexibility index (Phi) is 8.52. The number of benzene rings is 3. The van der Waals surface area contributed by atoms with Crippen LogP contribution in [0.15, 0.2) is 77.9 Å². The van der Waals surface area contributed by atoms with Gasteiger partial charge in [-0.3, -0.25) is 9.69 Å². The van der Waals surface area contributed by atoms with E-state index >= 15 is 0 Å². The topological polar surface area (TPSA) is 63.2 Å². The highest BCUT2D eigenvalue weighted by Gasteiger charge is 2.19. The van der Waals surface area contributed by atoms with Gasteiger partial charge in [-0.05, 0) is 73.7 Å². The van der Waals surface area contributed by atoms with Crippen molar-refractivity contribution in [2.24, 2.45) is 11.0 Å². The average molecular weight is 472 g/mol. The Morgan fingerprint density at radius 3 is 2.37 bits per heavy atom. The number of ether oxygens (including phenoxy) is 2. The number of hydrogen-bond acceptors (Lipinski definition) is 5. The van der Waals surface area contributed by atoms with Gasteiger partial charge in [0, 0.05) is 17.7 Å². The van der Waals surface area contributed by atoms with Gasteiger partial charge in [0.1, 0.15) is 0 Å². The van der Waals surface area contributed by atoms with Crippen LogP contribution in [0, 0.1) is 5.92 Å². The molecule has 1 aliphatic rings. The van der Waals surface area contributed by atoms with Crippen molar-refractivity contribution in [2.75, 3.05) is 27.3 Å². The molecule has 6 nitrogen and oxygen atoms in total. The predicted molar refractivity (Wildman–Crippen MR) is 139 cm³/mol. The fraction of sp³-hybridized carbons (Fsp3) is 0.310. The largest absolute Gasteiger partial charge is 0.493 e. The number of amides is 1. The van der Waals surface area contributed by atoms with Crippen molar-refractivity contribution in [3.63, 3.8) is 0 Å². The van der Waals surface area contributed by atoms with Gasteiger partial charge in [-0.15, -0.1) is 0 Å². The van der Waals surface area contributed by atoms with Gasteiger partial charge in [0.05, 0.1) is 20.4 Å². The number of rotatable bonds is 9. The Hall–Kier alpha value is -3.64. The number of para-hydroxylation sites is 1. The van der Waals surface area contributed by atoms with Crippen LogP contribution in [0.25, 0.3) is 0 Å². The van der Waals surface area contributed by atoms with Crippen LogP contribution in [0.5, 0.6) is 11.5 Å². The second kappa shape index (κ2) is 12.2. The highest BCUT2D eigenvalue weighted by Crippen LogP contribution is 2.29. The molecule has 6 heteroatoms. The molecule has 35 heavy (non-hydrogen) atoms. The van der Waals surface area contributed by atoms with Crippen LogP contribution in [-0.2, 0) is 13.0 Å². The smallest absolute Gasteiger partial charge is 0.271 e. The van der Waals surface area contributed by atoms with Crippen LogP contribution in [0.1, 0.15) is 39.9 Å². The van der Waals surface area contributed by atoms with Gasteiger partial charge < -0.3 is 9.47 Å². The Morgan fingerprint density at radius 1 is 0.943 bits per heavy atom. The van der Waals surface area contributed by atoms with Gasteiger partial charge in [-0.25, -0.2) is 5.43 Å². The van der Waals surface area contributed by atoms with E-state index in [1.807, 2.05) is 42.5 Å². The Bertz CT molecular complexity index is 1120. The molecule has 3 aromatic carbocycles. The fourth-order valence-corrected chi connectivity index (χ4v) is 4.55. The van der Waals surface area contributed by atoms with E-state index < -0.39 is 0 Å². The third-order valence-electron chi connectivity index (χ3n) is 6.50. The van der Waals surface area contributed by atoms with Crippen molar-refractivity contribution in [3.05, 3.63) is 95.1 Å². The monoisotopic (exact) mass is 471 g/mol. The molecule has 0 saturated carbocycles. The summed E-state index contributed by atoms with van der Waals surface area (Å²) in [5.41, 5.74) is 6.53. The molecule has 182 valence electrons. The molecule has 3 aromatic rings. The standard InChI is InChI=1S/C29H33N3O3/c1-34-27-10-6-9-26(28(27)35-2)20-30-31-29(33)25-13-11-24(12-14-25)21-32-17-15-23(16-18-32)19-22-7-4-3-5-8-22/h3-14,20,23H,15-19,21H2,1-2H3,(H,31,33)/b30-20-. The molecule has 1 amide bonds. The summed E-state index contributed by atoms with van der Waals surface area (Å²) in [7, 11) is 3.15. The van der Waals surface area contributed by atoms with Gasteiger partial charge in [0.2, 0.25) is 0 Å². The first kappa shape index (κ1) is 24.5. The first-order valence-electron chi connectivity index (χ1n) is 12.1. The molecular weight excluding hydrogens is 438 g/mol. The lowest BCUT2D eigenvalue weighted by Gasteiger charge is -2.32. The fourth-order valence-electron chi connectivity index (χ4n) is 4.55. The number of likely N-dealkylation sites (tertiary alicyclic amines) is 1. The van der Waals surface area contributed by atoms with Gasteiger partial charge in [-0.1, -0.05) is 48.5 Å². The molecule has 1 fully saturated rings. The molecule has 0 spiro atoms. The molecule has 1 saturated heterocycles. The first-order valence-corrected chi connectivity index (χ1v) is 12.1. The van der Waals surface area contributed by atoms with Crippen LogP contribution >= 0.6 is 0 Å². The number of carbonyl (C=O) groups is 1. The lowest BCUT2D eigenvalue weighted by molar-refractivity contribution is 0.0955. The Morgan fingerprint density at radius 2 is 1.69 bits per heavy atom. The summed E-state index contributed by atoms with van der Waals surface area (Å²) in [5, 5.41) is 4.09. The number of hydrazone groups is 1. The third-order valence-corrected chi connectivity index (χ3v) is 6.50. The van der Waals surface area contributed by atoms with E-state index in [0.717, 1.165) is 31.1 Å². The minimum Gasteiger partial charge on any atom is -0.493 e. The summed E-state index contributed by atoms with van der Waals surface area (Å²) in [5.74, 6) is 1.69. The molecule has 0 radical (unpaired) electrons. The van der Waals surface area contributed by atoms with E-state index in [4.69, 9.17) is 9.47 Å². The molecule has 1 N–H and O–H groups in total. The number of carbonyl (C=O) groups excluding carboxylic acids is 1. The number of nitrogens with zero attached hydrogens (tertiary/aromatic N) is 2. The van der Waals surface area contributed by atoms with Crippen molar-refractivity contribution in [1.29, 1.82) is 0 Å². The van der Waals surface area contributed by atoms with E-state index in [2.05, 4.69) is 45.8 Å². The maximum atomic E-state index is 12.5. The van der Waals surface area contributed by atoms with E-state index in [9.17, 15) is 4.79 Å². The van der Waals surface area contributed by atoms with Gasteiger partial charge in [0.15, 0.2) is 11.5 Å². The second-order valence-electron chi connectivity index (χ2n) is 8.89. The number of hydrogen-bond donors (Lipinski definition) is 1. The van der Waals surface area contributed by atoms with E-state index in [-0.39, 0.29) is 5.91 Å². The molecule has 0 unspecified atom stereocenters. The first-order chi connectivity index (χ1) is 17.2. The van der Waals surface area contributed by atoms with Crippen LogP contribution in [0.3, 0.4) is 0 Å². The zero-order valence-corrected chi connectivity index (χ0v) is 20.4. The lowest BCUT2D eigenvalue weighted by Crippen LogP contribution is -2.33. The molecule has 0 aromatic heterocycles. The maximum Gasteiger partial charge on any atom is 0.271 e. The van der Waals surface area contributed by atoms with Crippen LogP contribution in [-0.4, -0.2) is 44.3 Å². The minimum atomic E-state index is -0.253. The van der Waals surface area contributed by atoms with Crippen molar-refractivity contribution < 1.29 is 14.3 Å². The van der Waals surface area contributed by atoms with Crippen LogP contribution < -0.4 is 14.9 Å². The third kappa shape index (κ3) is 6.70. The van der Waals surface area contributed by atoms with Crippen molar-refractivity contribution in [3.8, 4) is 11.5 Å². The van der Waals surface area contributed by atoms with Crippen molar-refractivity contribution >= 4 is 12.1 Å². The molecule has 0 atom stereocenters. The van der Waals surface area contributed by atoms with Gasteiger partial charge >= 0.3 is 0 Å². The summed E-state index contributed by atoms with van der Waals surface area (Å²) in [6, 6.07) is 24.0. The molecular formula is C29H33N3O3. The Balaban J connectivity index is 1.25. The molecule has 0 bridgehead atoms. The van der Waals surface area contributed by atoms with E-state index in [1.54, 1.807) is 20.4 Å². The highest BCUT2D eigenvalue weighted by molar-refractivity contribution is 5.95. The summed E-state index contributed by atoms with van der Waals surface area (Å²) < 4.78 is 10.7. The minimum absolute atomic E-state index is 0.253. The zero-order valence-electron chi connectivity index (χ0n) is 20.4. The Labute approximate surface area is 207 Å². The molecule has 1 heterocycles. The van der Waals surface area contributed by atoms with Gasteiger partial charge in [0.25, 0.3) is 5.91 Å². The van der Waals surface area contributed by atoms with Crippen molar-refractivity contribution in [2.45, 2.75) is 25.8 Å². The predicted octanol–water partition coefficient (Wildman–Crippen LogP) is 4.92. The summed E-state index contributed by atoms with van der Waals surface area (Å²) in [6.45, 7) is 3.14. The van der Waals surface area contributed by atoms with E-state index in [1.165, 1.54) is 30.4 Å². The quantitative estimate of drug-likeness (QED) is 0.355. The summed E-state index contributed by atoms with van der Waals surface area (Å²) >= 11 is 0. The summed E-state index contributed by atoms with van der Waals surface area (Å²) in [4.78, 5) is 15.0. The molecule has 0 aliphatic carbocycles. The zero-order chi connectivity index (χ0) is 24.5. The van der Waals surface area contributed by atoms with Crippen LogP contribution in [0.2, 0.25) is 0 Å². The van der Waals surface area contributed by atoms with E-state index in [0.29, 0.717) is 17.1 Å². The lowest BCUT2D eigenvalue weighted by atomic mass is 9.90. The van der Waals surface area contributed by atoms with Crippen LogP contribution in [0.4, 0.5) is 0 Å². The maximum absolute atomic E-state index is 12.5. The van der Waals surface area contributed by atoms with Crippen molar-refractivity contribution in [1.82, 2.24) is 10.3 Å². The summed E-state index contributed by atoms with van der Waals surface area (Å²) in [6.07, 6.45) is 5.18. The second-order valence-corrected chi connectivity index (χ2v) is 8.89. The number of nitrogens with one attached hydrogen (secondary N) is 1. The molecule has 1 aliphatic heterocycles. The number of piperidine rings is 1.